The average Bonchev–Trinajstić information content (AvgIpc) is 2.44. The van der Waals surface area contributed by atoms with Crippen LogP contribution in [0.4, 0.5) is 13.2 Å². The minimum Gasteiger partial charge on any atom is -0.468 e. The monoisotopic (exact) mass is 355 g/mol. The van der Waals surface area contributed by atoms with E-state index in [-0.39, 0.29) is 12.8 Å². The van der Waals surface area contributed by atoms with Gasteiger partial charge in [0.25, 0.3) is 5.91 Å². The summed E-state index contributed by atoms with van der Waals surface area (Å²) in [7, 11) is -5.07. The van der Waals surface area contributed by atoms with E-state index in [0.717, 1.165) is 13.2 Å². The molecular weight excluding hydrogens is 343 g/mol. The summed E-state index contributed by atoms with van der Waals surface area (Å²) >= 11 is 0. The van der Waals surface area contributed by atoms with Crippen LogP contribution in [0.25, 0.3) is 0 Å². The summed E-state index contributed by atoms with van der Waals surface area (Å²) in [6, 6.07) is -1.79. The summed E-state index contributed by atoms with van der Waals surface area (Å²) in [4.78, 5) is 35.5. The van der Waals surface area contributed by atoms with E-state index in [2.05, 4.69) is 4.74 Å². The van der Waals surface area contributed by atoms with E-state index >= 15 is 0 Å². The summed E-state index contributed by atoms with van der Waals surface area (Å²) in [5.41, 5.74) is -7.54. The molecule has 1 heterocycles. The fourth-order valence-electron chi connectivity index (χ4n) is 2.84. The Morgan fingerprint density at radius 2 is 2.00 bits per heavy atom. The van der Waals surface area contributed by atoms with E-state index < -0.39 is 55.4 Å². The number of fused-ring (bicyclic) bond motifs is 1. The maximum Gasteiger partial charge on any atom is 0.516 e. The number of esters is 1. The van der Waals surface area contributed by atoms with Crippen molar-refractivity contribution in [1.29, 1.82) is 0 Å². The number of carbonyl (C=O) groups excluding carboxylic acids is 3. The molecule has 1 aliphatic carbocycles. The van der Waals surface area contributed by atoms with Crippen LogP contribution in [-0.2, 0) is 29.1 Å². The molecule has 2 aliphatic rings. The van der Waals surface area contributed by atoms with E-state index in [1.54, 1.807) is 0 Å². The van der Waals surface area contributed by atoms with Crippen LogP contribution < -0.4 is 0 Å². The Bertz CT molecular complexity index is 698. The highest BCUT2D eigenvalue weighted by molar-refractivity contribution is 7.90. The first-order chi connectivity index (χ1) is 10.5. The zero-order valence-corrected chi connectivity index (χ0v) is 12.6. The molecule has 2 atom stereocenters. The number of hydrogen-bond donors (Lipinski definition) is 0. The summed E-state index contributed by atoms with van der Waals surface area (Å²) < 4.78 is 66.1. The van der Waals surface area contributed by atoms with E-state index in [9.17, 15) is 36.0 Å². The molecule has 0 N–H and O–H groups in total. The summed E-state index contributed by atoms with van der Waals surface area (Å²) in [5.74, 6) is -3.00. The first-order valence-corrected chi connectivity index (χ1v) is 7.85. The second-order valence-electron chi connectivity index (χ2n) is 5.21. The number of Topliss-reactive ketones (excluding diaryl/α,β-unsaturated/α-hetero) is 1. The molecule has 7 nitrogen and oxygen atoms in total. The normalized spacial score (nSPS) is 28.5. The van der Waals surface area contributed by atoms with E-state index in [1.807, 2.05) is 0 Å². The first-order valence-electron chi connectivity index (χ1n) is 6.41. The number of rotatable bonds is 2. The molecule has 1 aliphatic heterocycles. The van der Waals surface area contributed by atoms with Crippen molar-refractivity contribution in [3.8, 4) is 0 Å². The smallest absolute Gasteiger partial charge is 0.468 e. The number of alkyl halides is 3. The van der Waals surface area contributed by atoms with Gasteiger partial charge in [0, 0.05) is 18.9 Å². The Morgan fingerprint density at radius 3 is 2.52 bits per heavy atom. The fraction of sp³-hybridized carbons (Fsp3) is 0.583. The molecule has 11 heteroatoms. The van der Waals surface area contributed by atoms with Crippen LogP contribution in [0, 0.1) is 5.41 Å². The zero-order valence-electron chi connectivity index (χ0n) is 11.8. The molecule has 0 aromatic heterocycles. The lowest BCUT2D eigenvalue weighted by atomic mass is 9.68. The van der Waals surface area contributed by atoms with E-state index in [1.165, 1.54) is 0 Å². The molecule has 0 unspecified atom stereocenters. The first kappa shape index (κ1) is 17.4. The number of ketones is 1. The van der Waals surface area contributed by atoms with Gasteiger partial charge in [0.15, 0.2) is 0 Å². The third-order valence-corrected chi connectivity index (χ3v) is 5.51. The van der Waals surface area contributed by atoms with Gasteiger partial charge in [-0.3, -0.25) is 14.4 Å². The quantitative estimate of drug-likeness (QED) is 0.670. The molecule has 0 aromatic carbocycles. The number of halogens is 3. The zero-order chi connectivity index (χ0) is 17.6. The third kappa shape index (κ3) is 2.52. The lowest BCUT2D eigenvalue weighted by Gasteiger charge is -2.45. The van der Waals surface area contributed by atoms with Gasteiger partial charge >= 0.3 is 21.5 Å². The molecule has 2 rings (SSSR count). The van der Waals surface area contributed by atoms with Crippen molar-refractivity contribution in [3.63, 3.8) is 0 Å². The van der Waals surface area contributed by atoms with E-state index in [4.69, 9.17) is 0 Å². The van der Waals surface area contributed by atoms with Crippen molar-refractivity contribution in [1.82, 2.24) is 4.31 Å². The van der Waals surface area contributed by atoms with Crippen molar-refractivity contribution < 1.29 is 40.7 Å². The number of carbonyl (C=O) groups is 3. The van der Waals surface area contributed by atoms with Crippen molar-refractivity contribution in [2.75, 3.05) is 7.11 Å². The Morgan fingerprint density at radius 1 is 1.39 bits per heavy atom. The molecule has 0 radical (unpaired) electrons. The second-order valence-corrected chi connectivity index (χ2v) is 7.02. The standard InChI is InChI=1S/C12H12F3NO6S/c1-22-10(19)11-4-2-7(17)6-8(11)16(9(18)3-5-11)23(20,21)12(13,14)15/h3,5,8H,2,4,6H2,1H3/t8-,11+/m0/s1. The van der Waals surface area contributed by atoms with Gasteiger partial charge in [0.2, 0.25) is 0 Å². The second kappa shape index (κ2) is 5.32. The Balaban J connectivity index is 2.65. The largest absolute Gasteiger partial charge is 0.516 e. The molecule has 128 valence electrons. The number of sulfonamides is 1. The van der Waals surface area contributed by atoms with Crippen LogP contribution in [0.15, 0.2) is 12.2 Å². The number of hydrogen-bond acceptors (Lipinski definition) is 6. The Kier molecular flexibility index (Phi) is 4.04. The molecule has 0 bridgehead atoms. The van der Waals surface area contributed by atoms with Gasteiger partial charge in [-0.25, -0.2) is 4.31 Å². The highest BCUT2D eigenvalue weighted by Gasteiger charge is 2.62. The number of ether oxygens (including phenoxy) is 1. The molecule has 0 aromatic rings. The minimum atomic E-state index is -6.05. The predicted octanol–water partition coefficient (Wildman–Crippen LogP) is 0.515. The highest BCUT2D eigenvalue weighted by atomic mass is 32.2. The Labute approximate surface area is 129 Å². The van der Waals surface area contributed by atoms with Gasteiger partial charge in [0.05, 0.1) is 13.2 Å². The Hall–Kier alpha value is -1.91. The van der Waals surface area contributed by atoms with Crippen LogP contribution in [0.5, 0.6) is 0 Å². The van der Waals surface area contributed by atoms with Crippen molar-refractivity contribution in [2.45, 2.75) is 30.8 Å². The van der Waals surface area contributed by atoms with Gasteiger partial charge in [-0.2, -0.15) is 21.6 Å². The average molecular weight is 355 g/mol. The van der Waals surface area contributed by atoms with Crippen molar-refractivity contribution in [2.24, 2.45) is 5.41 Å². The molecule has 1 saturated carbocycles. The van der Waals surface area contributed by atoms with Gasteiger partial charge in [-0.05, 0) is 6.42 Å². The van der Waals surface area contributed by atoms with Crippen LogP contribution in [0.3, 0.4) is 0 Å². The molecule has 0 spiro atoms. The summed E-state index contributed by atoms with van der Waals surface area (Å²) in [6.45, 7) is 0. The van der Waals surface area contributed by atoms with Gasteiger partial charge < -0.3 is 4.74 Å². The predicted molar refractivity (Wildman–Crippen MR) is 68.1 cm³/mol. The topological polar surface area (TPSA) is 97.8 Å². The highest BCUT2D eigenvalue weighted by Crippen LogP contribution is 2.46. The maximum absolute atomic E-state index is 12.8. The van der Waals surface area contributed by atoms with Crippen LogP contribution in [0.2, 0.25) is 0 Å². The lowest BCUT2D eigenvalue weighted by molar-refractivity contribution is -0.157. The SMILES string of the molecule is COC(=O)[C@]12C=CC(=O)N(S(=O)(=O)C(F)(F)F)[C@H]1CC(=O)CC2. The van der Waals surface area contributed by atoms with Crippen molar-refractivity contribution in [3.05, 3.63) is 12.2 Å². The van der Waals surface area contributed by atoms with Gasteiger partial charge in [-0.1, -0.05) is 6.08 Å². The minimum absolute atomic E-state index is 0.135. The molecule has 1 fully saturated rings. The van der Waals surface area contributed by atoms with Crippen molar-refractivity contribution >= 4 is 27.7 Å². The van der Waals surface area contributed by atoms with Crippen LogP contribution in [0.1, 0.15) is 19.3 Å². The number of amides is 1. The molecular formula is C12H12F3NO6S. The van der Waals surface area contributed by atoms with Gasteiger partial charge in [-0.15, -0.1) is 0 Å². The van der Waals surface area contributed by atoms with E-state index in [0.29, 0.717) is 6.08 Å². The maximum atomic E-state index is 12.8. The molecule has 1 amide bonds. The lowest BCUT2D eigenvalue weighted by Crippen LogP contribution is -2.62. The number of nitrogens with zero attached hydrogens (tertiary/aromatic N) is 1. The summed E-state index contributed by atoms with van der Waals surface area (Å²) in [6.07, 6.45) is 0.564. The molecule has 0 saturated heterocycles. The number of methoxy groups -OCH3 is 1. The fourth-order valence-corrected chi connectivity index (χ4v) is 3.96. The molecule has 23 heavy (non-hydrogen) atoms. The summed E-state index contributed by atoms with van der Waals surface area (Å²) in [5, 5.41) is 0. The van der Waals surface area contributed by atoms with Crippen LogP contribution in [-0.4, -0.2) is 49.0 Å². The third-order valence-electron chi connectivity index (χ3n) is 3.97. The van der Waals surface area contributed by atoms with Gasteiger partial charge in [0.1, 0.15) is 11.2 Å². The van der Waals surface area contributed by atoms with Crippen LogP contribution >= 0.6 is 0 Å².